The minimum Gasteiger partial charge on any atom is -0.366 e. The van der Waals surface area contributed by atoms with Crippen LogP contribution in [0.1, 0.15) is 22.3 Å². The van der Waals surface area contributed by atoms with Crippen LogP contribution in [0.4, 0.5) is 16.0 Å². The summed E-state index contributed by atoms with van der Waals surface area (Å²) in [4.78, 5) is 22.6. The third-order valence-electron chi connectivity index (χ3n) is 4.70. The third kappa shape index (κ3) is 5.88. The molecule has 0 aliphatic carbocycles. The van der Waals surface area contributed by atoms with Crippen LogP contribution in [0.2, 0.25) is 5.02 Å². The summed E-state index contributed by atoms with van der Waals surface area (Å²) < 4.78 is 13.9. The van der Waals surface area contributed by atoms with Crippen molar-refractivity contribution in [3.05, 3.63) is 89.0 Å². The van der Waals surface area contributed by atoms with Crippen molar-refractivity contribution in [1.82, 2.24) is 15.3 Å². The first-order valence-corrected chi connectivity index (χ1v) is 10.1. The monoisotopic (exact) mass is 456 g/mol. The first-order valence-electron chi connectivity index (χ1n) is 9.75. The number of nitrogens with zero attached hydrogens (tertiary/aromatic N) is 3. The van der Waals surface area contributed by atoms with E-state index in [9.17, 15) is 19.4 Å². The second-order valence-electron chi connectivity index (χ2n) is 6.93. The fraction of sp³-hybridized carbons (Fsp3) is 0.174. The van der Waals surface area contributed by atoms with E-state index in [1.54, 1.807) is 30.6 Å². The Morgan fingerprint density at radius 3 is 2.47 bits per heavy atom. The number of nitrogens with one attached hydrogen (secondary N) is 1. The maximum atomic E-state index is 13.9. The molecule has 1 atom stereocenters. The van der Waals surface area contributed by atoms with Crippen LogP contribution in [0.15, 0.2) is 67.0 Å². The molecule has 1 aromatic heterocycles. The van der Waals surface area contributed by atoms with Gasteiger partial charge in [-0.25, -0.2) is 14.4 Å². The molecular weight excluding hydrogens is 435 g/mol. The Morgan fingerprint density at radius 2 is 1.84 bits per heavy atom. The summed E-state index contributed by atoms with van der Waals surface area (Å²) in [5, 5.41) is 21.6. The van der Waals surface area contributed by atoms with Crippen LogP contribution in [0.25, 0.3) is 6.08 Å². The van der Waals surface area contributed by atoms with Gasteiger partial charge in [0.25, 0.3) is 5.91 Å². The molecule has 166 valence electrons. The average molecular weight is 457 g/mol. The van der Waals surface area contributed by atoms with E-state index in [0.29, 0.717) is 5.95 Å². The number of hydrogen-bond donors (Lipinski definition) is 3. The average Bonchev–Trinajstić information content (AvgIpc) is 2.78. The van der Waals surface area contributed by atoms with Gasteiger partial charge in [0.1, 0.15) is 5.82 Å². The van der Waals surface area contributed by atoms with Gasteiger partial charge in [0.15, 0.2) is 6.29 Å². The van der Waals surface area contributed by atoms with Crippen molar-refractivity contribution in [1.29, 1.82) is 0 Å². The number of carbonyl (C=O) groups is 1. The van der Waals surface area contributed by atoms with Crippen LogP contribution in [-0.4, -0.2) is 45.5 Å². The van der Waals surface area contributed by atoms with E-state index in [1.807, 2.05) is 36.2 Å². The molecule has 0 aliphatic heterocycles. The topological polar surface area (TPSA) is 98.6 Å². The van der Waals surface area contributed by atoms with Crippen LogP contribution < -0.4 is 10.2 Å². The van der Waals surface area contributed by atoms with Gasteiger partial charge in [-0.3, -0.25) is 4.79 Å². The van der Waals surface area contributed by atoms with E-state index in [-0.39, 0.29) is 17.0 Å². The molecule has 1 unspecified atom stereocenters. The molecule has 0 fully saturated rings. The van der Waals surface area contributed by atoms with E-state index < -0.39 is 24.1 Å². The van der Waals surface area contributed by atoms with Gasteiger partial charge in [-0.05, 0) is 42.3 Å². The summed E-state index contributed by atoms with van der Waals surface area (Å²) in [6.07, 6.45) is 5.07. The number of aliphatic hydroxyl groups is 2. The zero-order valence-corrected chi connectivity index (χ0v) is 17.9. The molecular formula is C23H22ClFN4O3. The maximum absolute atomic E-state index is 13.9. The number of anilines is 2. The van der Waals surface area contributed by atoms with Gasteiger partial charge in [0.2, 0.25) is 5.95 Å². The number of aliphatic hydroxyl groups excluding tert-OH is 1. The molecule has 3 rings (SSSR count). The highest BCUT2D eigenvalue weighted by Gasteiger charge is 2.22. The lowest BCUT2D eigenvalue weighted by Crippen LogP contribution is -2.43. The van der Waals surface area contributed by atoms with E-state index in [0.717, 1.165) is 17.3 Å². The molecule has 7 nitrogen and oxygen atoms in total. The Morgan fingerprint density at radius 1 is 1.16 bits per heavy atom. The summed E-state index contributed by atoms with van der Waals surface area (Å²) >= 11 is 5.89. The molecule has 0 spiro atoms. The minimum absolute atomic E-state index is 0.0600. The van der Waals surface area contributed by atoms with Gasteiger partial charge in [-0.15, -0.1) is 0 Å². The van der Waals surface area contributed by atoms with Gasteiger partial charge in [-0.1, -0.05) is 42.0 Å². The van der Waals surface area contributed by atoms with Crippen molar-refractivity contribution in [3.8, 4) is 0 Å². The fourth-order valence-corrected chi connectivity index (χ4v) is 3.20. The molecule has 0 aliphatic rings. The van der Waals surface area contributed by atoms with Crippen molar-refractivity contribution >= 4 is 35.2 Å². The quantitative estimate of drug-likeness (QED) is 0.448. The summed E-state index contributed by atoms with van der Waals surface area (Å²) in [5.41, 5.74) is 1.42. The van der Waals surface area contributed by atoms with Crippen LogP contribution >= 0.6 is 11.6 Å². The predicted octanol–water partition coefficient (Wildman–Crippen LogP) is 3.55. The second-order valence-corrected chi connectivity index (χ2v) is 7.33. The zero-order valence-electron chi connectivity index (χ0n) is 17.2. The lowest BCUT2D eigenvalue weighted by Gasteiger charge is -2.19. The maximum Gasteiger partial charge on any atom is 0.256 e. The molecule has 0 bridgehead atoms. The van der Waals surface area contributed by atoms with Gasteiger partial charge in [-0.2, -0.15) is 0 Å². The normalized spacial score (nSPS) is 12.2. The lowest BCUT2D eigenvalue weighted by atomic mass is 10.1. The fourth-order valence-electron chi connectivity index (χ4n) is 2.95. The zero-order chi connectivity index (χ0) is 23.1. The molecule has 2 aromatic carbocycles. The molecule has 9 heteroatoms. The van der Waals surface area contributed by atoms with E-state index in [2.05, 4.69) is 15.3 Å². The largest absolute Gasteiger partial charge is 0.366 e. The Hall–Kier alpha value is -3.33. The summed E-state index contributed by atoms with van der Waals surface area (Å²) in [7, 11) is 1.86. The van der Waals surface area contributed by atoms with E-state index in [4.69, 9.17) is 11.6 Å². The molecule has 1 amide bonds. The molecule has 3 aromatic rings. The van der Waals surface area contributed by atoms with Gasteiger partial charge < -0.3 is 20.4 Å². The van der Waals surface area contributed by atoms with Crippen molar-refractivity contribution in [2.75, 3.05) is 11.9 Å². The van der Waals surface area contributed by atoms with E-state index >= 15 is 0 Å². The standard InChI is InChI=1S/C23H22ClFN4O3/c1-29(23-26-13-4-14-27-23)16-11-9-15(10-12-16)5-2-8-19(22(31)32)28-21(30)20-17(24)6-3-7-18(20)25/h2-7,9-14,19,22,31-32H,8H2,1H3,(H,28,30)/b5-2+. The number of amides is 1. The highest BCUT2D eigenvalue weighted by molar-refractivity contribution is 6.33. The molecule has 0 saturated heterocycles. The van der Waals surface area contributed by atoms with Crippen LogP contribution in [0.5, 0.6) is 0 Å². The van der Waals surface area contributed by atoms with Gasteiger partial charge in [0, 0.05) is 25.1 Å². The number of halogens is 2. The first-order chi connectivity index (χ1) is 15.4. The van der Waals surface area contributed by atoms with Gasteiger partial charge >= 0.3 is 0 Å². The molecule has 1 heterocycles. The number of hydrogen-bond acceptors (Lipinski definition) is 6. The van der Waals surface area contributed by atoms with Crippen molar-refractivity contribution < 1.29 is 19.4 Å². The van der Waals surface area contributed by atoms with Crippen LogP contribution in [0, 0.1) is 5.82 Å². The highest BCUT2D eigenvalue weighted by Crippen LogP contribution is 2.21. The minimum atomic E-state index is -1.84. The molecule has 0 radical (unpaired) electrons. The van der Waals surface area contributed by atoms with Crippen molar-refractivity contribution in [2.24, 2.45) is 0 Å². The first kappa shape index (κ1) is 23.3. The SMILES string of the molecule is CN(c1ccc(/C=C/CC(NC(=O)c2c(F)cccc2Cl)C(O)O)cc1)c1ncccn1. The Kier molecular flexibility index (Phi) is 7.88. The summed E-state index contributed by atoms with van der Waals surface area (Å²) in [6, 6.07) is 12.1. The van der Waals surface area contributed by atoms with E-state index in [1.165, 1.54) is 12.1 Å². The smallest absolute Gasteiger partial charge is 0.256 e. The van der Waals surface area contributed by atoms with Gasteiger partial charge in [0.05, 0.1) is 16.6 Å². The summed E-state index contributed by atoms with van der Waals surface area (Å²) in [5.74, 6) is -1.04. The summed E-state index contributed by atoms with van der Waals surface area (Å²) in [6.45, 7) is 0. The van der Waals surface area contributed by atoms with Crippen molar-refractivity contribution in [3.63, 3.8) is 0 Å². The Balaban J connectivity index is 1.63. The predicted molar refractivity (Wildman–Crippen MR) is 121 cm³/mol. The number of aromatic nitrogens is 2. The number of benzene rings is 2. The van der Waals surface area contributed by atoms with Crippen LogP contribution in [-0.2, 0) is 0 Å². The highest BCUT2D eigenvalue weighted by atomic mass is 35.5. The second kappa shape index (κ2) is 10.8. The lowest BCUT2D eigenvalue weighted by molar-refractivity contribution is -0.0641. The van der Waals surface area contributed by atoms with Crippen LogP contribution in [0.3, 0.4) is 0 Å². The number of carbonyl (C=O) groups excluding carboxylic acids is 1. The third-order valence-corrected chi connectivity index (χ3v) is 5.01. The Labute approximate surface area is 189 Å². The number of rotatable bonds is 8. The molecule has 3 N–H and O–H groups in total. The van der Waals surface area contributed by atoms with Crippen molar-refractivity contribution in [2.45, 2.75) is 18.8 Å². The Bertz CT molecular complexity index is 1060. The molecule has 32 heavy (non-hydrogen) atoms. The molecule has 0 saturated carbocycles.